The smallest absolute Gasteiger partial charge is 0.128 e. The average molecular weight is 362 g/mol. The van der Waals surface area contributed by atoms with Crippen LogP contribution in [0.4, 0.5) is 0 Å². The van der Waals surface area contributed by atoms with E-state index in [0.717, 1.165) is 42.2 Å². The van der Waals surface area contributed by atoms with Gasteiger partial charge in [-0.25, -0.2) is 0 Å². The van der Waals surface area contributed by atoms with E-state index in [1.54, 1.807) is 7.11 Å². The van der Waals surface area contributed by atoms with Gasteiger partial charge < -0.3 is 10.1 Å². The Morgan fingerprint density at radius 3 is 2.65 bits per heavy atom. The minimum absolute atomic E-state index is 0.112. The van der Waals surface area contributed by atoms with Gasteiger partial charge in [0.2, 0.25) is 0 Å². The fourth-order valence-electron chi connectivity index (χ4n) is 3.57. The number of ether oxygens (including phenoxy) is 1. The Labute approximate surface area is 159 Å². The Balaban J connectivity index is 1.89. The fourth-order valence-corrected chi connectivity index (χ4v) is 4.06. The van der Waals surface area contributed by atoms with E-state index in [-0.39, 0.29) is 5.25 Å². The number of aliphatic imine (C=N–C) groups is 1. The maximum atomic E-state index is 5.70. The van der Waals surface area contributed by atoms with E-state index in [0.29, 0.717) is 0 Å². The molecule has 1 heterocycles. The van der Waals surface area contributed by atoms with Crippen molar-refractivity contribution in [2.24, 2.45) is 4.99 Å². The molecule has 0 radical (unpaired) electrons. The van der Waals surface area contributed by atoms with E-state index < -0.39 is 0 Å². The third-order valence-corrected chi connectivity index (χ3v) is 5.37. The molecule has 0 aliphatic carbocycles. The molecule has 1 unspecified atom stereocenters. The van der Waals surface area contributed by atoms with E-state index in [1.807, 2.05) is 12.1 Å². The highest BCUT2D eigenvalue weighted by Crippen LogP contribution is 2.40. The quantitative estimate of drug-likeness (QED) is 0.665. The summed E-state index contributed by atoms with van der Waals surface area (Å²) in [4.78, 5) is 4.69. The maximum Gasteiger partial charge on any atom is 0.128 e. The van der Waals surface area contributed by atoms with Crippen LogP contribution < -0.4 is 10.1 Å². The summed E-state index contributed by atoms with van der Waals surface area (Å²) >= 11 is 5.04. The molecule has 132 valence electrons. The zero-order chi connectivity index (χ0) is 17.9. The lowest BCUT2D eigenvalue weighted by molar-refractivity contribution is 0.410. The van der Waals surface area contributed by atoms with Gasteiger partial charge in [-0.05, 0) is 28.8 Å². The number of amidine groups is 1. The third kappa shape index (κ3) is 3.06. The summed E-state index contributed by atoms with van der Waals surface area (Å²) in [6, 6.07) is 20.9. The lowest BCUT2D eigenvalue weighted by Gasteiger charge is -2.23. The molecule has 0 amide bonds. The van der Waals surface area contributed by atoms with Crippen molar-refractivity contribution in [1.82, 2.24) is 5.32 Å². The SMILES string of the molecule is COc1cccc(C2=NCCCN2)c1C(S)c1cccc2ccccc12. The van der Waals surface area contributed by atoms with Gasteiger partial charge in [-0.3, -0.25) is 4.99 Å². The Hall–Kier alpha value is -2.46. The minimum atomic E-state index is -0.112. The first-order valence-electron chi connectivity index (χ1n) is 8.91. The molecule has 0 saturated heterocycles. The molecular weight excluding hydrogens is 340 g/mol. The van der Waals surface area contributed by atoms with E-state index in [2.05, 4.69) is 53.8 Å². The van der Waals surface area contributed by atoms with Crippen LogP contribution in [0.2, 0.25) is 0 Å². The zero-order valence-electron chi connectivity index (χ0n) is 14.8. The topological polar surface area (TPSA) is 33.6 Å². The largest absolute Gasteiger partial charge is 0.496 e. The van der Waals surface area contributed by atoms with Crippen LogP contribution in [0.15, 0.2) is 65.7 Å². The molecule has 1 aliphatic heterocycles. The van der Waals surface area contributed by atoms with Gasteiger partial charge in [0.25, 0.3) is 0 Å². The molecule has 3 aromatic rings. The van der Waals surface area contributed by atoms with Gasteiger partial charge in [0.15, 0.2) is 0 Å². The normalized spacial score (nSPS) is 15.2. The van der Waals surface area contributed by atoms with E-state index in [4.69, 9.17) is 22.4 Å². The van der Waals surface area contributed by atoms with E-state index in [1.165, 1.54) is 16.3 Å². The molecule has 0 spiro atoms. The minimum Gasteiger partial charge on any atom is -0.496 e. The van der Waals surface area contributed by atoms with Crippen molar-refractivity contribution >= 4 is 29.2 Å². The number of hydrogen-bond acceptors (Lipinski definition) is 4. The molecule has 0 saturated carbocycles. The van der Waals surface area contributed by atoms with Gasteiger partial charge >= 0.3 is 0 Å². The van der Waals surface area contributed by atoms with Gasteiger partial charge in [0.1, 0.15) is 11.6 Å². The number of hydrogen-bond donors (Lipinski definition) is 2. The van der Waals surface area contributed by atoms with Crippen LogP contribution in [0.5, 0.6) is 5.75 Å². The van der Waals surface area contributed by atoms with Crippen molar-refractivity contribution in [3.63, 3.8) is 0 Å². The third-order valence-electron chi connectivity index (χ3n) is 4.83. The summed E-state index contributed by atoms with van der Waals surface area (Å²) in [6.45, 7) is 1.80. The highest BCUT2D eigenvalue weighted by molar-refractivity contribution is 7.80. The molecule has 0 bridgehead atoms. The van der Waals surface area contributed by atoms with Crippen LogP contribution in [-0.2, 0) is 0 Å². The molecule has 4 heteroatoms. The first-order chi connectivity index (χ1) is 12.8. The van der Waals surface area contributed by atoms with Crippen molar-refractivity contribution < 1.29 is 4.74 Å². The average Bonchev–Trinajstić information content (AvgIpc) is 2.73. The van der Waals surface area contributed by atoms with Crippen molar-refractivity contribution in [1.29, 1.82) is 0 Å². The van der Waals surface area contributed by atoms with Crippen molar-refractivity contribution in [2.75, 3.05) is 20.2 Å². The lowest BCUT2D eigenvalue weighted by atomic mass is 9.93. The van der Waals surface area contributed by atoms with Crippen LogP contribution in [0.3, 0.4) is 0 Å². The molecule has 26 heavy (non-hydrogen) atoms. The number of rotatable bonds is 4. The molecule has 3 nitrogen and oxygen atoms in total. The summed E-state index contributed by atoms with van der Waals surface area (Å²) in [5.41, 5.74) is 3.30. The van der Waals surface area contributed by atoms with Gasteiger partial charge in [-0.1, -0.05) is 54.6 Å². The highest BCUT2D eigenvalue weighted by atomic mass is 32.1. The summed E-state index contributed by atoms with van der Waals surface area (Å²) < 4.78 is 5.70. The fraction of sp³-hybridized carbons (Fsp3) is 0.227. The molecule has 1 atom stereocenters. The van der Waals surface area contributed by atoms with Crippen LogP contribution in [0, 0.1) is 0 Å². The van der Waals surface area contributed by atoms with Gasteiger partial charge in [0, 0.05) is 24.2 Å². The summed E-state index contributed by atoms with van der Waals surface area (Å²) in [5.74, 6) is 1.77. The van der Waals surface area contributed by atoms with Gasteiger partial charge in [-0.2, -0.15) is 12.6 Å². The number of fused-ring (bicyclic) bond motifs is 1. The number of nitrogens with one attached hydrogen (secondary N) is 1. The highest BCUT2D eigenvalue weighted by Gasteiger charge is 2.23. The van der Waals surface area contributed by atoms with Crippen LogP contribution in [0.25, 0.3) is 10.8 Å². The second kappa shape index (κ2) is 7.42. The van der Waals surface area contributed by atoms with Gasteiger partial charge in [-0.15, -0.1) is 0 Å². The Morgan fingerprint density at radius 2 is 1.85 bits per heavy atom. The maximum absolute atomic E-state index is 5.70. The lowest BCUT2D eigenvalue weighted by Crippen LogP contribution is -2.31. The number of thiol groups is 1. The number of methoxy groups -OCH3 is 1. The van der Waals surface area contributed by atoms with Crippen LogP contribution in [-0.4, -0.2) is 26.0 Å². The van der Waals surface area contributed by atoms with Crippen LogP contribution in [0.1, 0.15) is 28.4 Å². The van der Waals surface area contributed by atoms with Crippen molar-refractivity contribution in [3.8, 4) is 5.75 Å². The molecule has 1 aliphatic rings. The molecule has 1 N–H and O–H groups in total. The van der Waals surface area contributed by atoms with E-state index >= 15 is 0 Å². The number of benzene rings is 3. The standard InChI is InChI=1S/C22H22N2OS/c1-25-19-12-5-11-18(22-23-13-6-14-24-22)20(19)21(26)17-10-4-8-15-7-2-3-9-16(15)17/h2-5,7-12,21,26H,6,13-14H2,1H3,(H,23,24). The predicted octanol–water partition coefficient (Wildman–Crippen LogP) is 4.61. The van der Waals surface area contributed by atoms with E-state index in [9.17, 15) is 0 Å². The number of nitrogens with zero attached hydrogens (tertiary/aromatic N) is 1. The second-order valence-corrected chi connectivity index (χ2v) is 6.92. The second-order valence-electron chi connectivity index (χ2n) is 6.40. The monoisotopic (exact) mass is 362 g/mol. The summed E-state index contributed by atoms with van der Waals surface area (Å²) in [5, 5.41) is 5.75. The Kier molecular flexibility index (Phi) is 4.85. The van der Waals surface area contributed by atoms with Gasteiger partial charge in [0.05, 0.1) is 12.4 Å². The molecule has 3 aromatic carbocycles. The first kappa shape index (κ1) is 17.0. The summed E-state index contributed by atoms with van der Waals surface area (Å²) in [6.07, 6.45) is 1.07. The predicted molar refractivity (Wildman–Crippen MR) is 112 cm³/mol. The van der Waals surface area contributed by atoms with Crippen LogP contribution >= 0.6 is 12.6 Å². The molecule has 0 fully saturated rings. The first-order valence-corrected chi connectivity index (χ1v) is 9.42. The summed E-state index contributed by atoms with van der Waals surface area (Å²) in [7, 11) is 1.71. The molecule has 4 rings (SSSR count). The Bertz CT molecular complexity index is 962. The molecular formula is C22H22N2OS. The molecule has 0 aromatic heterocycles. The Morgan fingerprint density at radius 1 is 1.04 bits per heavy atom. The zero-order valence-corrected chi connectivity index (χ0v) is 15.7. The van der Waals surface area contributed by atoms with Crippen molar-refractivity contribution in [2.45, 2.75) is 11.7 Å². The van der Waals surface area contributed by atoms with Crippen molar-refractivity contribution in [3.05, 3.63) is 77.4 Å².